The number of benzene rings is 2. The summed E-state index contributed by atoms with van der Waals surface area (Å²) < 4.78 is 6.16. The molecule has 192 valence electrons. The van der Waals surface area contributed by atoms with Crippen molar-refractivity contribution in [3.05, 3.63) is 75.4 Å². The first-order chi connectivity index (χ1) is 17.0. The highest BCUT2D eigenvalue weighted by Crippen LogP contribution is 2.47. The number of carbonyl (C=O) groups is 1. The Morgan fingerprint density at radius 3 is 2.19 bits per heavy atom. The Kier molecular flexibility index (Phi) is 8.51. The van der Waals surface area contributed by atoms with Gasteiger partial charge in [0.15, 0.2) is 5.78 Å². The topological polar surface area (TPSA) is 107 Å². The second-order valence-corrected chi connectivity index (χ2v) is 9.93. The van der Waals surface area contributed by atoms with E-state index in [9.17, 15) is 25.2 Å². The van der Waals surface area contributed by atoms with Crippen LogP contribution in [0.25, 0.3) is 0 Å². The second kappa shape index (κ2) is 11.4. The van der Waals surface area contributed by atoms with Crippen molar-refractivity contribution in [2.75, 3.05) is 0 Å². The van der Waals surface area contributed by atoms with Gasteiger partial charge in [-0.1, -0.05) is 34.9 Å². The van der Waals surface area contributed by atoms with Crippen molar-refractivity contribution < 1.29 is 30.0 Å². The fourth-order valence-corrected chi connectivity index (χ4v) is 4.24. The summed E-state index contributed by atoms with van der Waals surface area (Å²) in [7, 11) is 0. The number of Topliss-reactive ketones (excluding diaryl/α,β-unsaturated/α-hetero) is 1. The fraction of sp³-hybridized carbons (Fsp3) is 0.367. The molecule has 1 aliphatic rings. The van der Waals surface area contributed by atoms with Gasteiger partial charge in [0.25, 0.3) is 0 Å². The molecule has 0 amide bonds. The number of hydrogen-bond acceptors (Lipinski definition) is 6. The monoisotopic (exact) mass is 492 g/mol. The van der Waals surface area contributed by atoms with Gasteiger partial charge in [0.1, 0.15) is 40.4 Å². The summed E-state index contributed by atoms with van der Waals surface area (Å²) in [5, 5.41) is 41.9. The van der Waals surface area contributed by atoms with Crippen molar-refractivity contribution in [2.24, 2.45) is 0 Å². The minimum Gasteiger partial charge on any atom is -0.508 e. The van der Waals surface area contributed by atoms with Crippen LogP contribution in [-0.4, -0.2) is 26.2 Å². The molecule has 0 fully saturated rings. The zero-order valence-corrected chi connectivity index (χ0v) is 21.7. The lowest BCUT2D eigenvalue weighted by atomic mass is 9.91. The van der Waals surface area contributed by atoms with Gasteiger partial charge >= 0.3 is 0 Å². The summed E-state index contributed by atoms with van der Waals surface area (Å²) in [4.78, 5) is 13.0. The maximum atomic E-state index is 13.0. The number of ether oxygens (including phenoxy) is 1. The van der Waals surface area contributed by atoms with E-state index < -0.39 is 6.10 Å². The van der Waals surface area contributed by atoms with Crippen molar-refractivity contribution in [1.82, 2.24) is 0 Å². The van der Waals surface area contributed by atoms with E-state index in [0.717, 1.165) is 24.5 Å². The van der Waals surface area contributed by atoms with Crippen LogP contribution in [0.4, 0.5) is 0 Å². The van der Waals surface area contributed by atoms with Crippen LogP contribution in [0, 0.1) is 0 Å². The smallest absolute Gasteiger partial charge is 0.174 e. The molecule has 0 radical (unpaired) electrons. The number of phenolic OH excluding ortho intramolecular Hbond substituents is 4. The molecule has 1 heterocycles. The first-order valence-electron chi connectivity index (χ1n) is 12.2. The Morgan fingerprint density at radius 2 is 1.53 bits per heavy atom. The maximum absolute atomic E-state index is 13.0. The third-order valence-electron chi connectivity index (χ3n) is 6.30. The van der Waals surface area contributed by atoms with E-state index in [-0.39, 0.29) is 46.5 Å². The van der Waals surface area contributed by atoms with Crippen LogP contribution in [-0.2, 0) is 12.8 Å². The van der Waals surface area contributed by atoms with Gasteiger partial charge in [0, 0.05) is 23.3 Å². The molecule has 6 nitrogen and oxygen atoms in total. The molecule has 2 aromatic carbocycles. The predicted molar refractivity (Wildman–Crippen MR) is 141 cm³/mol. The summed E-state index contributed by atoms with van der Waals surface area (Å²) in [6.45, 7) is 10.0. The molecule has 0 aliphatic carbocycles. The van der Waals surface area contributed by atoms with Crippen LogP contribution in [0.2, 0.25) is 0 Å². The summed E-state index contributed by atoms with van der Waals surface area (Å²) >= 11 is 0. The Morgan fingerprint density at radius 1 is 0.861 bits per heavy atom. The third kappa shape index (κ3) is 6.30. The number of carbonyl (C=O) groups excluding carboxylic acids is 1. The average Bonchev–Trinajstić information content (AvgIpc) is 2.77. The standard InChI is InChI=1S/C30H36O6/c1-17(2)7-6-8-19(5)10-11-20-13-22(25(33)14-23(20)31)28-16-27(35)29-26(34)15-24(32)21(30(29)36-28)12-9-18(3)4/h7,9-10,13-15,28,31-34H,6,8,11-12,16H2,1-5H3/b19-10+/t28-/m0/s1. The van der Waals surface area contributed by atoms with Crippen molar-refractivity contribution in [3.8, 4) is 28.7 Å². The number of rotatable bonds is 8. The minimum atomic E-state index is -0.834. The normalized spacial score (nSPS) is 15.2. The number of hydrogen-bond donors (Lipinski definition) is 4. The number of allylic oxidation sites excluding steroid dienone is 6. The van der Waals surface area contributed by atoms with Crippen LogP contribution in [0.1, 0.15) is 87.0 Å². The molecule has 1 aliphatic heterocycles. The Bertz CT molecular complexity index is 1240. The molecule has 4 N–H and O–H groups in total. The number of phenols is 4. The maximum Gasteiger partial charge on any atom is 0.174 e. The molecule has 2 aromatic rings. The van der Waals surface area contributed by atoms with Gasteiger partial charge < -0.3 is 25.2 Å². The van der Waals surface area contributed by atoms with Gasteiger partial charge in [-0.15, -0.1) is 0 Å². The van der Waals surface area contributed by atoms with Crippen LogP contribution < -0.4 is 4.74 Å². The largest absolute Gasteiger partial charge is 0.508 e. The summed E-state index contributed by atoms with van der Waals surface area (Å²) in [6, 6.07) is 4.09. The van der Waals surface area contributed by atoms with Crippen molar-refractivity contribution in [2.45, 2.75) is 72.8 Å². The van der Waals surface area contributed by atoms with Crippen LogP contribution in [0.5, 0.6) is 28.7 Å². The van der Waals surface area contributed by atoms with Crippen molar-refractivity contribution in [3.63, 3.8) is 0 Å². The molecule has 0 saturated heterocycles. The van der Waals surface area contributed by atoms with E-state index >= 15 is 0 Å². The van der Waals surface area contributed by atoms with Gasteiger partial charge in [-0.25, -0.2) is 0 Å². The number of fused-ring (bicyclic) bond motifs is 1. The molecule has 1 atom stereocenters. The molecule has 0 unspecified atom stereocenters. The van der Waals surface area contributed by atoms with Gasteiger partial charge in [-0.2, -0.15) is 0 Å². The van der Waals surface area contributed by atoms with Crippen molar-refractivity contribution >= 4 is 5.78 Å². The van der Waals surface area contributed by atoms with E-state index in [1.165, 1.54) is 17.2 Å². The van der Waals surface area contributed by atoms with Gasteiger partial charge in [-0.05, 0) is 71.9 Å². The quantitative estimate of drug-likeness (QED) is 0.297. The molecule has 36 heavy (non-hydrogen) atoms. The highest BCUT2D eigenvalue weighted by molar-refractivity contribution is 6.03. The Hall–Kier alpha value is -3.67. The van der Waals surface area contributed by atoms with E-state index in [0.29, 0.717) is 29.5 Å². The minimum absolute atomic E-state index is 0.0355. The zero-order valence-electron chi connectivity index (χ0n) is 21.7. The summed E-state index contributed by atoms with van der Waals surface area (Å²) in [6.07, 6.45) is 7.84. The molecular formula is C30H36O6. The Balaban J connectivity index is 1.94. The van der Waals surface area contributed by atoms with Crippen LogP contribution >= 0.6 is 0 Å². The molecule has 0 bridgehead atoms. The summed E-state index contributed by atoms with van der Waals surface area (Å²) in [5.74, 6) is -0.946. The molecule has 3 rings (SSSR count). The SMILES string of the molecule is CC(C)=CCC/C(C)=C/Cc1cc([C@@H]2CC(=O)c3c(O)cc(O)c(CC=C(C)C)c3O2)c(O)cc1O. The van der Waals surface area contributed by atoms with E-state index in [4.69, 9.17) is 4.74 Å². The van der Waals surface area contributed by atoms with E-state index in [1.54, 1.807) is 6.07 Å². The van der Waals surface area contributed by atoms with Crippen molar-refractivity contribution in [1.29, 1.82) is 0 Å². The highest BCUT2D eigenvalue weighted by atomic mass is 16.5. The summed E-state index contributed by atoms with van der Waals surface area (Å²) in [5.41, 5.74) is 4.90. The fourth-order valence-electron chi connectivity index (χ4n) is 4.24. The molecule has 0 saturated carbocycles. The van der Waals surface area contributed by atoms with Crippen LogP contribution in [0.15, 0.2) is 53.1 Å². The third-order valence-corrected chi connectivity index (χ3v) is 6.30. The second-order valence-electron chi connectivity index (χ2n) is 9.93. The number of aromatic hydroxyl groups is 4. The lowest BCUT2D eigenvalue weighted by molar-refractivity contribution is 0.0839. The molecule has 0 spiro atoms. The van der Waals surface area contributed by atoms with Crippen LogP contribution in [0.3, 0.4) is 0 Å². The van der Waals surface area contributed by atoms with E-state index in [1.807, 2.05) is 32.9 Å². The first kappa shape index (κ1) is 26.9. The Labute approximate surface area is 212 Å². The lowest BCUT2D eigenvalue weighted by Crippen LogP contribution is -2.22. The zero-order chi connectivity index (χ0) is 26.6. The van der Waals surface area contributed by atoms with Gasteiger partial charge in [0.05, 0.1) is 6.42 Å². The van der Waals surface area contributed by atoms with Gasteiger partial charge in [-0.3, -0.25) is 4.79 Å². The molecule has 0 aromatic heterocycles. The lowest BCUT2D eigenvalue weighted by Gasteiger charge is -2.29. The molecular weight excluding hydrogens is 456 g/mol. The first-order valence-corrected chi connectivity index (χ1v) is 12.2. The van der Waals surface area contributed by atoms with Gasteiger partial charge in [0.2, 0.25) is 0 Å². The number of ketones is 1. The highest BCUT2D eigenvalue weighted by Gasteiger charge is 2.34. The predicted octanol–water partition coefficient (Wildman–Crippen LogP) is 6.96. The molecule has 6 heteroatoms. The average molecular weight is 493 g/mol. The van der Waals surface area contributed by atoms with E-state index in [2.05, 4.69) is 19.9 Å².